The van der Waals surface area contributed by atoms with Crippen molar-refractivity contribution in [1.29, 1.82) is 0 Å². The van der Waals surface area contributed by atoms with Gasteiger partial charge in [0, 0.05) is 12.7 Å². The molecule has 94 valence electrons. The Kier molecular flexibility index (Phi) is 4.55. The highest BCUT2D eigenvalue weighted by Crippen LogP contribution is 2.14. The Labute approximate surface area is 107 Å². The molecule has 18 heavy (non-hydrogen) atoms. The highest BCUT2D eigenvalue weighted by atomic mass is 16.5. The van der Waals surface area contributed by atoms with Crippen LogP contribution in [0.4, 0.5) is 11.4 Å². The summed E-state index contributed by atoms with van der Waals surface area (Å²) in [5.74, 6) is 0. The molecule has 0 atom stereocenters. The van der Waals surface area contributed by atoms with E-state index in [4.69, 9.17) is 10.5 Å². The van der Waals surface area contributed by atoms with Crippen molar-refractivity contribution < 1.29 is 4.74 Å². The fraction of sp³-hybridized carbons (Fsp3) is 0.214. The zero-order chi connectivity index (χ0) is 12.6. The van der Waals surface area contributed by atoms with Crippen molar-refractivity contribution in [2.75, 3.05) is 24.2 Å². The van der Waals surface area contributed by atoms with E-state index < -0.39 is 0 Å². The maximum atomic E-state index is 5.76. The molecular formula is C14H17N3O. The normalized spacial score (nSPS) is 10.2. The lowest BCUT2D eigenvalue weighted by Gasteiger charge is -2.09. The van der Waals surface area contributed by atoms with E-state index in [-0.39, 0.29) is 0 Å². The van der Waals surface area contributed by atoms with E-state index in [9.17, 15) is 0 Å². The van der Waals surface area contributed by atoms with E-state index >= 15 is 0 Å². The van der Waals surface area contributed by atoms with Crippen LogP contribution in [0.2, 0.25) is 0 Å². The lowest BCUT2D eigenvalue weighted by Crippen LogP contribution is -2.10. The summed E-state index contributed by atoms with van der Waals surface area (Å²) in [6, 6.07) is 12.0. The maximum Gasteiger partial charge on any atom is 0.0736 e. The van der Waals surface area contributed by atoms with Gasteiger partial charge in [-0.1, -0.05) is 30.3 Å². The Morgan fingerprint density at radius 3 is 2.78 bits per heavy atom. The van der Waals surface area contributed by atoms with Crippen molar-refractivity contribution in [1.82, 2.24) is 4.98 Å². The number of nitrogens with zero attached hydrogens (tertiary/aromatic N) is 1. The number of hydrogen-bond donors (Lipinski definition) is 2. The zero-order valence-corrected chi connectivity index (χ0v) is 10.2. The summed E-state index contributed by atoms with van der Waals surface area (Å²) >= 11 is 0. The minimum atomic E-state index is 0.633. The van der Waals surface area contributed by atoms with Crippen molar-refractivity contribution in [3.8, 4) is 0 Å². The molecule has 0 aliphatic rings. The van der Waals surface area contributed by atoms with Crippen LogP contribution in [0.1, 0.15) is 5.56 Å². The number of pyridine rings is 1. The number of hydrogen-bond acceptors (Lipinski definition) is 4. The number of anilines is 2. The molecule has 2 rings (SSSR count). The number of rotatable bonds is 6. The van der Waals surface area contributed by atoms with Gasteiger partial charge in [-0.15, -0.1) is 0 Å². The monoisotopic (exact) mass is 243 g/mol. The Morgan fingerprint density at radius 1 is 1.17 bits per heavy atom. The number of ether oxygens (including phenoxy) is 1. The van der Waals surface area contributed by atoms with Crippen molar-refractivity contribution in [3.63, 3.8) is 0 Å². The number of nitrogen functional groups attached to an aromatic ring is 1. The van der Waals surface area contributed by atoms with Gasteiger partial charge in [-0.05, 0) is 11.6 Å². The predicted molar refractivity (Wildman–Crippen MR) is 73.2 cm³/mol. The first-order valence-electron chi connectivity index (χ1n) is 5.91. The zero-order valence-electron chi connectivity index (χ0n) is 10.2. The summed E-state index contributed by atoms with van der Waals surface area (Å²) in [6.07, 6.45) is 3.34. The highest BCUT2D eigenvalue weighted by Gasteiger charge is 1.96. The van der Waals surface area contributed by atoms with E-state index in [0.29, 0.717) is 18.9 Å². The SMILES string of the molecule is Nc1cnccc1NCCOCc1ccccc1. The molecule has 0 spiro atoms. The first-order chi connectivity index (χ1) is 8.86. The molecule has 1 heterocycles. The van der Waals surface area contributed by atoms with Gasteiger partial charge in [-0.25, -0.2) is 0 Å². The van der Waals surface area contributed by atoms with Crippen LogP contribution in [-0.4, -0.2) is 18.1 Å². The van der Waals surface area contributed by atoms with Gasteiger partial charge in [0.1, 0.15) is 0 Å². The summed E-state index contributed by atoms with van der Waals surface area (Å²) < 4.78 is 5.56. The summed E-state index contributed by atoms with van der Waals surface area (Å²) in [5, 5.41) is 3.21. The fourth-order valence-corrected chi connectivity index (χ4v) is 1.59. The first-order valence-corrected chi connectivity index (χ1v) is 5.91. The molecule has 0 amide bonds. The summed E-state index contributed by atoms with van der Waals surface area (Å²) in [5.41, 5.74) is 8.49. The van der Waals surface area contributed by atoms with Crippen molar-refractivity contribution in [3.05, 3.63) is 54.4 Å². The molecule has 0 saturated heterocycles. The topological polar surface area (TPSA) is 60.2 Å². The molecule has 0 radical (unpaired) electrons. The molecule has 0 saturated carbocycles. The minimum absolute atomic E-state index is 0.633. The van der Waals surface area contributed by atoms with Crippen LogP contribution >= 0.6 is 0 Å². The third kappa shape index (κ3) is 3.75. The van der Waals surface area contributed by atoms with Gasteiger partial charge in [0.2, 0.25) is 0 Å². The molecule has 1 aromatic heterocycles. The van der Waals surface area contributed by atoms with Gasteiger partial charge in [0.15, 0.2) is 0 Å². The average molecular weight is 243 g/mol. The predicted octanol–water partition coefficient (Wildman–Crippen LogP) is 2.29. The summed E-state index contributed by atoms with van der Waals surface area (Å²) in [6.45, 7) is 1.99. The van der Waals surface area contributed by atoms with Crippen LogP contribution in [0, 0.1) is 0 Å². The first kappa shape index (κ1) is 12.4. The largest absolute Gasteiger partial charge is 0.396 e. The van der Waals surface area contributed by atoms with E-state index in [1.165, 1.54) is 5.56 Å². The average Bonchev–Trinajstić information content (AvgIpc) is 2.42. The lowest BCUT2D eigenvalue weighted by molar-refractivity contribution is 0.130. The molecule has 3 N–H and O–H groups in total. The minimum Gasteiger partial charge on any atom is -0.396 e. The standard InChI is InChI=1S/C14H17N3O/c15-13-10-16-7-6-14(13)17-8-9-18-11-12-4-2-1-3-5-12/h1-7,10H,8-9,11,15H2,(H,16,17). The van der Waals surface area contributed by atoms with Gasteiger partial charge >= 0.3 is 0 Å². The molecular weight excluding hydrogens is 226 g/mol. The number of nitrogens with two attached hydrogens (primary N) is 1. The quantitative estimate of drug-likeness (QED) is 0.764. The van der Waals surface area contributed by atoms with Gasteiger partial charge in [-0.2, -0.15) is 0 Å². The van der Waals surface area contributed by atoms with Crippen LogP contribution in [0.3, 0.4) is 0 Å². The van der Waals surface area contributed by atoms with Crippen molar-refractivity contribution >= 4 is 11.4 Å². The maximum absolute atomic E-state index is 5.76. The van der Waals surface area contributed by atoms with Crippen LogP contribution in [0.25, 0.3) is 0 Å². The Morgan fingerprint density at radius 2 is 2.00 bits per heavy atom. The number of nitrogens with one attached hydrogen (secondary N) is 1. The van der Waals surface area contributed by atoms with Gasteiger partial charge in [0.25, 0.3) is 0 Å². The molecule has 0 bridgehead atoms. The number of benzene rings is 1. The number of aromatic nitrogens is 1. The smallest absolute Gasteiger partial charge is 0.0736 e. The second-order valence-electron chi connectivity index (χ2n) is 3.93. The van der Waals surface area contributed by atoms with Crippen LogP contribution in [0.5, 0.6) is 0 Å². The molecule has 0 fully saturated rings. The summed E-state index contributed by atoms with van der Waals surface area (Å²) in [7, 11) is 0. The van der Waals surface area contributed by atoms with Gasteiger partial charge in [0.05, 0.1) is 30.8 Å². The fourth-order valence-electron chi connectivity index (χ4n) is 1.59. The van der Waals surface area contributed by atoms with Gasteiger partial charge < -0.3 is 15.8 Å². The van der Waals surface area contributed by atoms with Crippen LogP contribution in [0.15, 0.2) is 48.8 Å². The molecule has 1 aromatic carbocycles. The van der Waals surface area contributed by atoms with Crippen LogP contribution in [-0.2, 0) is 11.3 Å². The summed E-state index contributed by atoms with van der Waals surface area (Å²) in [4.78, 5) is 3.93. The molecule has 0 unspecified atom stereocenters. The Bertz CT molecular complexity index is 473. The molecule has 0 aliphatic heterocycles. The second kappa shape index (κ2) is 6.61. The van der Waals surface area contributed by atoms with Gasteiger partial charge in [-0.3, -0.25) is 4.98 Å². The van der Waals surface area contributed by atoms with Crippen LogP contribution < -0.4 is 11.1 Å². The highest BCUT2D eigenvalue weighted by molar-refractivity contribution is 5.64. The molecule has 4 nitrogen and oxygen atoms in total. The molecule has 4 heteroatoms. The molecule has 0 aliphatic carbocycles. The Hall–Kier alpha value is -2.07. The van der Waals surface area contributed by atoms with Crippen molar-refractivity contribution in [2.45, 2.75) is 6.61 Å². The van der Waals surface area contributed by atoms with E-state index in [1.807, 2.05) is 36.4 Å². The van der Waals surface area contributed by atoms with E-state index in [0.717, 1.165) is 12.2 Å². The third-order valence-corrected chi connectivity index (χ3v) is 2.53. The van der Waals surface area contributed by atoms with E-state index in [2.05, 4.69) is 10.3 Å². The lowest BCUT2D eigenvalue weighted by atomic mass is 10.2. The Balaban J connectivity index is 1.66. The van der Waals surface area contributed by atoms with Crippen molar-refractivity contribution in [2.24, 2.45) is 0 Å². The second-order valence-corrected chi connectivity index (χ2v) is 3.93. The molecule has 2 aromatic rings. The van der Waals surface area contributed by atoms with E-state index in [1.54, 1.807) is 12.4 Å². The third-order valence-electron chi connectivity index (χ3n) is 2.53.